The van der Waals surface area contributed by atoms with Crippen molar-refractivity contribution in [3.8, 4) is 11.5 Å². The molecule has 226 valence electrons. The maximum Gasteiger partial charge on any atom is 0.407 e. The SMILES string of the molecule is C=CCCCCN(C[C@@H](O)[C@H](Cc1ccccc1)NC(=O)OC(C)(C)C)S(=O)(=O)c1ccc(OC)cc1OCC=C. The number of aliphatic hydroxyl groups is 1. The normalized spacial score (nSPS) is 13.2. The Morgan fingerprint density at radius 1 is 1.10 bits per heavy atom. The van der Waals surface area contributed by atoms with Gasteiger partial charge in [-0.25, -0.2) is 13.2 Å². The topological polar surface area (TPSA) is 114 Å². The lowest BCUT2D eigenvalue weighted by Gasteiger charge is -2.31. The minimum atomic E-state index is -4.14. The van der Waals surface area contributed by atoms with Crippen molar-refractivity contribution in [2.75, 3.05) is 26.8 Å². The number of allylic oxidation sites excluding steroid dienone is 1. The predicted octanol–water partition coefficient (Wildman–Crippen LogP) is 5.10. The fraction of sp³-hybridized carbons (Fsp3) is 0.452. The number of carbonyl (C=O) groups is 1. The zero-order valence-electron chi connectivity index (χ0n) is 24.5. The molecule has 0 aliphatic heterocycles. The van der Waals surface area contributed by atoms with E-state index in [-0.39, 0.29) is 36.8 Å². The largest absolute Gasteiger partial charge is 0.497 e. The summed E-state index contributed by atoms with van der Waals surface area (Å²) in [6.45, 7) is 12.6. The molecule has 2 N–H and O–H groups in total. The average Bonchev–Trinajstić information content (AvgIpc) is 2.92. The molecule has 0 heterocycles. The summed E-state index contributed by atoms with van der Waals surface area (Å²) in [6.07, 6.45) is 3.59. The van der Waals surface area contributed by atoms with Crippen molar-refractivity contribution in [1.82, 2.24) is 9.62 Å². The summed E-state index contributed by atoms with van der Waals surface area (Å²) < 4.78 is 45.7. The second-order valence-corrected chi connectivity index (χ2v) is 12.5. The first-order valence-electron chi connectivity index (χ1n) is 13.7. The monoisotopic (exact) mass is 588 g/mol. The van der Waals surface area contributed by atoms with Gasteiger partial charge in [0.2, 0.25) is 10.0 Å². The maximum absolute atomic E-state index is 14.0. The van der Waals surface area contributed by atoms with E-state index in [1.165, 1.54) is 29.6 Å². The number of nitrogens with one attached hydrogen (secondary N) is 1. The van der Waals surface area contributed by atoms with Crippen LogP contribution in [0.4, 0.5) is 4.79 Å². The summed E-state index contributed by atoms with van der Waals surface area (Å²) in [7, 11) is -2.66. The van der Waals surface area contributed by atoms with E-state index in [1.807, 2.05) is 30.3 Å². The second kappa shape index (κ2) is 16.2. The summed E-state index contributed by atoms with van der Waals surface area (Å²) in [6, 6.07) is 13.0. The van der Waals surface area contributed by atoms with E-state index in [9.17, 15) is 18.3 Å². The first-order valence-corrected chi connectivity index (χ1v) is 15.1. The molecule has 0 saturated carbocycles. The summed E-state index contributed by atoms with van der Waals surface area (Å²) in [5.74, 6) is 0.549. The van der Waals surface area contributed by atoms with Gasteiger partial charge < -0.3 is 24.6 Å². The lowest BCUT2D eigenvalue weighted by molar-refractivity contribution is 0.0402. The van der Waals surface area contributed by atoms with Gasteiger partial charge in [0.05, 0.1) is 19.3 Å². The Labute approximate surface area is 244 Å². The minimum absolute atomic E-state index is 0.0595. The van der Waals surface area contributed by atoms with Crippen LogP contribution in [0, 0.1) is 0 Å². The van der Waals surface area contributed by atoms with Crippen LogP contribution < -0.4 is 14.8 Å². The van der Waals surface area contributed by atoms with E-state index in [1.54, 1.807) is 32.9 Å². The van der Waals surface area contributed by atoms with Crippen LogP contribution in [0.2, 0.25) is 0 Å². The van der Waals surface area contributed by atoms with Crippen molar-refractivity contribution in [3.05, 3.63) is 79.4 Å². The number of aliphatic hydroxyl groups excluding tert-OH is 1. The third-order valence-electron chi connectivity index (χ3n) is 6.05. The molecule has 2 aromatic carbocycles. The van der Waals surface area contributed by atoms with Gasteiger partial charge in [-0.05, 0) is 64.2 Å². The number of hydrogen-bond donors (Lipinski definition) is 2. The van der Waals surface area contributed by atoms with E-state index >= 15 is 0 Å². The van der Waals surface area contributed by atoms with Gasteiger partial charge in [0.15, 0.2) is 0 Å². The van der Waals surface area contributed by atoms with Crippen LogP contribution in [0.15, 0.2) is 78.7 Å². The first-order chi connectivity index (χ1) is 19.4. The Balaban J connectivity index is 2.43. The number of nitrogens with zero attached hydrogens (tertiary/aromatic N) is 1. The third-order valence-corrected chi connectivity index (χ3v) is 7.95. The smallest absolute Gasteiger partial charge is 0.407 e. The molecule has 2 atom stereocenters. The minimum Gasteiger partial charge on any atom is -0.497 e. The van der Waals surface area contributed by atoms with Gasteiger partial charge in [0.1, 0.15) is 28.6 Å². The summed E-state index contributed by atoms with van der Waals surface area (Å²) in [4.78, 5) is 12.6. The number of sulfonamides is 1. The van der Waals surface area contributed by atoms with Crippen molar-refractivity contribution in [2.45, 2.75) is 69.1 Å². The van der Waals surface area contributed by atoms with E-state index in [4.69, 9.17) is 14.2 Å². The molecule has 0 aromatic heterocycles. The summed E-state index contributed by atoms with van der Waals surface area (Å²) >= 11 is 0. The molecule has 0 aliphatic rings. The molecule has 0 bridgehead atoms. The van der Waals surface area contributed by atoms with Crippen LogP contribution in [-0.4, -0.2) is 68.5 Å². The predicted molar refractivity (Wildman–Crippen MR) is 161 cm³/mol. The van der Waals surface area contributed by atoms with Gasteiger partial charge in [-0.2, -0.15) is 4.31 Å². The number of carbonyl (C=O) groups excluding carboxylic acids is 1. The Morgan fingerprint density at radius 2 is 1.80 bits per heavy atom. The molecule has 0 radical (unpaired) electrons. The molecule has 10 heteroatoms. The second-order valence-electron chi connectivity index (χ2n) is 10.6. The molecular weight excluding hydrogens is 544 g/mol. The summed E-state index contributed by atoms with van der Waals surface area (Å²) in [5.41, 5.74) is 0.117. The number of hydrogen-bond acceptors (Lipinski definition) is 7. The standard InChI is InChI=1S/C31H44N2O7S/c1-7-9-10-14-19-33(41(36,37)29-18-17-25(38-6)22-28(29)39-20-8-2)23-27(34)26(21-24-15-12-11-13-16-24)32-30(35)40-31(3,4)5/h7-8,11-13,15-18,22,26-27,34H,1-2,9-10,14,19-21,23H2,3-6H3,(H,32,35)/t26-,27+/m0/s1. The Morgan fingerprint density at radius 3 is 2.41 bits per heavy atom. The fourth-order valence-electron chi connectivity index (χ4n) is 4.06. The van der Waals surface area contributed by atoms with Gasteiger partial charge in [0, 0.05) is 19.2 Å². The lowest BCUT2D eigenvalue weighted by Crippen LogP contribution is -2.51. The molecule has 0 aliphatic carbocycles. The highest BCUT2D eigenvalue weighted by atomic mass is 32.2. The van der Waals surface area contributed by atoms with E-state index < -0.39 is 33.9 Å². The highest BCUT2D eigenvalue weighted by Gasteiger charge is 2.33. The molecule has 2 rings (SSSR count). The van der Waals surface area contributed by atoms with Gasteiger partial charge in [-0.1, -0.05) is 49.1 Å². The quantitative estimate of drug-likeness (QED) is 0.195. The Bertz CT molecular complexity index is 1230. The molecule has 41 heavy (non-hydrogen) atoms. The number of rotatable bonds is 17. The number of methoxy groups -OCH3 is 1. The van der Waals surface area contributed by atoms with E-state index in [0.717, 1.165) is 18.4 Å². The number of unbranched alkanes of at least 4 members (excludes halogenated alkanes) is 2. The molecule has 2 aromatic rings. The van der Waals surface area contributed by atoms with Crippen molar-refractivity contribution in [1.29, 1.82) is 0 Å². The average molecular weight is 589 g/mol. The van der Waals surface area contributed by atoms with Gasteiger partial charge >= 0.3 is 6.09 Å². The summed E-state index contributed by atoms with van der Waals surface area (Å²) in [5, 5.41) is 14.2. The maximum atomic E-state index is 14.0. The van der Waals surface area contributed by atoms with Crippen LogP contribution in [0.1, 0.15) is 45.6 Å². The first kappa shape index (κ1) is 33.9. The number of ether oxygens (including phenoxy) is 3. The molecule has 1 amide bonds. The van der Waals surface area contributed by atoms with E-state index in [0.29, 0.717) is 12.2 Å². The highest BCUT2D eigenvalue weighted by Crippen LogP contribution is 2.31. The van der Waals surface area contributed by atoms with Crippen LogP contribution in [0.5, 0.6) is 11.5 Å². The molecule has 0 spiro atoms. The molecule has 0 fully saturated rings. The Hall–Kier alpha value is -3.34. The molecule has 9 nitrogen and oxygen atoms in total. The van der Waals surface area contributed by atoms with Crippen molar-refractivity contribution in [3.63, 3.8) is 0 Å². The zero-order chi connectivity index (χ0) is 30.5. The van der Waals surface area contributed by atoms with E-state index in [2.05, 4.69) is 18.5 Å². The fourth-order valence-corrected chi connectivity index (χ4v) is 5.67. The van der Waals surface area contributed by atoms with Crippen LogP contribution in [0.3, 0.4) is 0 Å². The van der Waals surface area contributed by atoms with Crippen LogP contribution in [-0.2, 0) is 21.2 Å². The Kier molecular flexibility index (Phi) is 13.4. The third kappa shape index (κ3) is 11.2. The number of amides is 1. The van der Waals surface area contributed by atoms with Crippen molar-refractivity contribution < 1.29 is 32.5 Å². The van der Waals surface area contributed by atoms with Crippen molar-refractivity contribution >= 4 is 16.1 Å². The molecule has 0 unspecified atom stereocenters. The van der Waals surface area contributed by atoms with Gasteiger partial charge in [-0.3, -0.25) is 0 Å². The van der Waals surface area contributed by atoms with Crippen LogP contribution >= 0.6 is 0 Å². The van der Waals surface area contributed by atoms with Gasteiger partial charge in [0.25, 0.3) is 0 Å². The lowest BCUT2D eigenvalue weighted by atomic mass is 10.0. The zero-order valence-corrected chi connectivity index (χ0v) is 25.4. The molecular formula is C31H44N2O7S. The number of alkyl carbamates (subject to hydrolysis) is 1. The molecule has 0 saturated heterocycles. The van der Waals surface area contributed by atoms with Crippen molar-refractivity contribution in [2.24, 2.45) is 0 Å². The van der Waals surface area contributed by atoms with Gasteiger partial charge in [-0.15, -0.1) is 6.58 Å². The highest BCUT2D eigenvalue weighted by molar-refractivity contribution is 7.89. The van der Waals surface area contributed by atoms with Crippen LogP contribution in [0.25, 0.3) is 0 Å². The number of benzene rings is 2.